The molecule has 1 fully saturated rings. The number of carbonyl (C=O) groups excluding carboxylic acids is 1. The van der Waals surface area contributed by atoms with Gasteiger partial charge in [-0.3, -0.25) is 4.79 Å². The number of carbonyl (C=O) groups is 1. The molecule has 2 N–H and O–H groups in total. The standard InChI is InChI=1S/C20H25ClN4O4S/c1-15-14-25(10-11-29-15)19-7-6-16(12-22-19)13-23-20(26)8-9-24-30(27,28)18-5-3-2-4-17(18)21/h2-7,12,15,24H,8-11,13-14H2,1H3,(H,23,26). The van der Waals surface area contributed by atoms with Crippen LogP contribution in [0.4, 0.5) is 5.82 Å². The number of aromatic nitrogens is 1. The largest absolute Gasteiger partial charge is 0.375 e. The summed E-state index contributed by atoms with van der Waals surface area (Å²) in [5.74, 6) is 0.622. The molecule has 0 radical (unpaired) electrons. The summed E-state index contributed by atoms with van der Waals surface area (Å²) in [6, 6.07) is 10.0. The van der Waals surface area contributed by atoms with Gasteiger partial charge in [0.1, 0.15) is 10.7 Å². The highest BCUT2D eigenvalue weighted by Gasteiger charge is 2.18. The average molecular weight is 453 g/mol. The van der Waals surface area contributed by atoms with E-state index in [1.165, 1.54) is 12.1 Å². The van der Waals surface area contributed by atoms with Gasteiger partial charge in [-0.1, -0.05) is 29.8 Å². The van der Waals surface area contributed by atoms with Crippen LogP contribution < -0.4 is 14.9 Å². The maximum absolute atomic E-state index is 12.2. The van der Waals surface area contributed by atoms with E-state index in [-0.39, 0.29) is 34.9 Å². The number of pyridine rings is 1. The Morgan fingerprint density at radius 1 is 1.30 bits per heavy atom. The Morgan fingerprint density at radius 3 is 2.80 bits per heavy atom. The number of nitrogens with zero attached hydrogens (tertiary/aromatic N) is 2. The quantitative estimate of drug-likeness (QED) is 0.634. The molecule has 0 saturated carbocycles. The number of nitrogens with one attached hydrogen (secondary N) is 2. The molecule has 8 nitrogen and oxygen atoms in total. The number of rotatable bonds is 8. The number of anilines is 1. The molecular formula is C20H25ClN4O4S. The summed E-state index contributed by atoms with van der Waals surface area (Å²) in [5, 5.41) is 2.91. The lowest BCUT2D eigenvalue weighted by atomic mass is 10.2. The molecule has 1 aromatic heterocycles. The highest BCUT2D eigenvalue weighted by Crippen LogP contribution is 2.20. The number of ether oxygens (including phenoxy) is 1. The number of morpholine rings is 1. The van der Waals surface area contributed by atoms with Crippen LogP contribution >= 0.6 is 11.6 Å². The van der Waals surface area contributed by atoms with Crippen molar-refractivity contribution in [2.24, 2.45) is 0 Å². The SMILES string of the molecule is CC1CN(c2ccc(CNC(=O)CCNS(=O)(=O)c3ccccc3Cl)cn2)CCO1. The number of hydrogen-bond acceptors (Lipinski definition) is 6. The van der Waals surface area contributed by atoms with Crippen molar-refractivity contribution in [2.75, 3.05) is 31.1 Å². The van der Waals surface area contributed by atoms with Gasteiger partial charge in [0.05, 0.1) is 17.7 Å². The molecule has 1 saturated heterocycles. The summed E-state index contributed by atoms with van der Waals surface area (Å²) in [7, 11) is -3.76. The Morgan fingerprint density at radius 2 is 2.10 bits per heavy atom. The second kappa shape index (κ2) is 10.2. The fourth-order valence-corrected chi connectivity index (χ4v) is 4.61. The Labute approximate surface area is 181 Å². The van der Waals surface area contributed by atoms with Crippen LogP contribution in [0.15, 0.2) is 47.5 Å². The topological polar surface area (TPSA) is 101 Å². The molecule has 162 valence electrons. The summed E-state index contributed by atoms with van der Waals surface area (Å²) in [6.07, 6.45) is 1.92. The zero-order chi connectivity index (χ0) is 21.6. The fourth-order valence-electron chi connectivity index (χ4n) is 3.06. The van der Waals surface area contributed by atoms with E-state index in [4.69, 9.17) is 16.3 Å². The molecule has 1 aliphatic rings. The molecule has 1 aliphatic heterocycles. The van der Waals surface area contributed by atoms with E-state index in [9.17, 15) is 13.2 Å². The van der Waals surface area contributed by atoms with E-state index in [0.29, 0.717) is 13.2 Å². The van der Waals surface area contributed by atoms with E-state index in [0.717, 1.165) is 24.5 Å². The van der Waals surface area contributed by atoms with Crippen molar-refractivity contribution in [3.63, 3.8) is 0 Å². The molecule has 1 amide bonds. The van der Waals surface area contributed by atoms with E-state index in [2.05, 4.69) is 19.9 Å². The van der Waals surface area contributed by atoms with Crippen LogP contribution in [0.25, 0.3) is 0 Å². The zero-order valence-electron chi connectivity index (χ0n) is 16.7. The summed E-state index contributed by atoms with van der Waals surface area (Å²) in [5.41, 5.74) is 0.866. The molecule has 2 heterocycles. The second-order valence-corrected chi connectivity index (χ2v) is 9.15. The Hall–Kier alpha value is -2.20. The number of hydrogen-bond donors (Lipinski definition) is 2. The monoisotopic (exact) mass is 452 g/mol. The summed E-state index contributed by atoms with van der Waals surface area (Å²) in [6.45, 7) is 4.62. The average Bonchev–Trinajstić information content (AvgIpc) is 2.73. The molecule has 3 rings (SSSR count). The number of halogens is 1. The minimum absolute atomic E-state index is 0.00657. The van der Waals surface area contributed by atoms with E-state index in [1.807, 2.05) is 19.1 Å². The number of sulfonamides is 1. The van der Waals surface area contributed by atoms with Crippen molar-refractivity contribution in [3.05, 3.63) is 53.2 Å². The van der Waals surface area contributed by atoms with Crippen LogP contribution in [0.2, 0.25) is 5.02 Å². The molecule has 1 unspecified atom stereocenters. The van der Waals surface area contributed by atoms with Crippen LogP contribution in [0.1, 0.15) is 18.9 Å². The number of benzene rings is 1. The van der Waals surface area contributed by atoms with Crippen molar-refractivity contribution in [1.29, 1.82) is 0 Å². The van der Waals surface area contributed by atoms with E-state index in [1.54, 1.807) is 18.3 Å². The van der Waals surface area contributed by atoms with Crippen LogP contribution in [-0.2, 0) is 26.1 Å². The van der Waals surface area contributed by atoms with Crippen molar-refractivity contribution < 1.29 is 17.9 Å². The third-order valence-corrected chi connectivity index (χ3v) is 6.60. The first-order valence-electron chi connectivity index (χ1n) is 9.67. The maximum Gasteiger partial charge on any atom is 0.242 e. The first-order chi connectivity index (χ1) is 14.3. The van der Waals surface area contributed by atoms with Crippen molar-refractivity contribution >= 4 is 33.3 Å². The normalized spacial score (nSPS) is 17.0. The Kier molecular flexibility index (Phi) is 7.65. The predicted octanol–water partition coefficient (Wildman–Crippen LogP) is 1.94. The van der Waals surface area contributed by atoms with Gasteiger partial charge >= 0.3 is 0 Å². The molecule has 1 atom stereocenters. The predicted molar refractivity (Wildman–Crippen MR) is 115 cm³/mol. The van der Waals surface area contributed by atoms with Gasteiger partial charge in [0, 0.05) is 38.8 Å². The third-order valence-electron chi connectivity index (χ3n) is 4.63. The van der Waals surface area contributed by atoms with Crippen LogP contribution in [0.3, 0.4) is 0 Å². The smallest absolute Gasteiger partial charge is 0.242 e. The van der Waals surface area contributed by atoms with E-state index >= 15 is 0 Å². The van der Waals surface area contributed by atoms with Gasteiger partial charge < -0.3 is 15.0 Å². The van der Waals surface area contributed by atoms with Crippen LogP contribution in [0, 0.1) is 0 Å². The molecule has 1 aromatic carbocycles. The summed E-state index contributed by atoms with van der Waals surface area (Å²) >= 11 is 5.92. The Bertz CT molecular complexity index is 969. The molecule has 0 spiro atoms. The fraction of sp³-hybridized carbons (Fsp3) is 0.400. The first kappa shape index (κ1) is 22.5. The molecule has 0 bridgehead atoms. The minimum Gasteiger partial charge on any atom is -0.375 e. The van der Waals surface area contributed by atoms with Gasteiger partial charge in [-0.15, -0.1) is 0 Å². The van der Waals surface area contributed by atoms with Gasteiger partial charge in [0.15, 0.2) is 0 Å². The first-order valence-corrected chi connectivity index (χ1v) is 11.5. The van der Waals surface area contributed by atoms with Crippen molar-refractivity contribution in [3.8, 4) is 0 Å². The molecule has 30 heavy (non-hydrogen) atoms. The minimum atomic E-state index is -3.76. The van der Waals surface area contributed by atoms with Gasteiger partial charge in [0.2, 0.25) is 15.9 Å². The summed E-state index contributed by atoms with van der Waals surface area (Å²) < 4.78 is 32.4. The van der Waals surface area contributed by atoms with Gasteiger partial charge in [-0.2, -0.15) is 0 Å². The third kappa shape index (κ3) is 6.15. The summed E-state index contributed by atoms with van der Waals surface area (Å²) in [4.78, 5) is 18.7. The zero-order valence-corrected chi connectivity index (χ0v) is 18.2. The van der Waals surface area contributed by atoms with E-state index < -0.39 is 10.0 Å². The van der Waals surface area contributed by atoms with Gasteiger partial charge in [-0.25, -0.2) is 18.1 Å². The van der Waals surface area contributed by atoms with Crippen LogP contribution in [-0.4, -0.2) is 51.7 Å². The van der Waals surface area contributed by atoms with Gasteiger partial charge in [0.25, 0.3) is 0 Å². The van der Waals surface area contributed by atoms with Crippen molar-refractivity contribution in [2.45, 2.75) is 30.9 Å². The molecule has 0 aliphatic carbocycles. The maximum atomic E-state index is 12.2. The Balaban J connectivity index is 1.43. The van der Waals surface area contributed by atoms with Crippen molar-refractivity contribution in [1.82, 2.24) is 15.0 Å². The molecule has 10 heteroatoms. The highest BCUT2D eigenvalue weighted by molar-refractivity contribution is 7.89. The lowest BCUT2D eigenvalue weighted by Crippen LogP contribution is -2.41. The number of amides is 1. The lowest BCUT2D eigenvalue weighted by molar-refractivity contribution is -0.121. The lowest BCUT2D eigenvalue weighted by Gasteiger charge is -2.32. The van der Waals surface area contributed by atoms with Crippen LogP contribution in [0.5, 0.6) is 0 Å². The van der Waals surface area contributed by atoms with Gasteiger partial charge in [-0.05, 0) is 30.7 Å². The highest BCUT2D eigenvalue weighted by atomic mass is 35.5. The molecular weight excluding hydrogens is 428 g/mol. The molecule has 2 aromatic rings. The second-order valence-electron chi connectivity index (χ2n) is 7.01.